The highest BCUT2D eigenvalue weighted by Gasteiger charge is 2.40. The Morgan fingerprint density at radius 3 is 2.80 bits per heavy atom. The van der Waals surface area contributed by atoms with Gasteiger partial charge in [-0.1, -0.05) is 41.3 Å². The summed E-state index contributed by atoms with van der Waals surface area (Å²) >= 11 is 5.18. The molecule has 2 aliphatic rings. The van der Waals surface area contributed by atoms with Crippen molar-refractivity contribution in [3.63, 3.8) is 0 Å². The van der Waals surface area contributed by atoms with Crippen LogP contribution >= 0.6 is 34.9 Å². The maximum absolute atomic E-state index is 9.84. The van der Waals surface area contributed by atoms with E-state index < -0.39 is 0 Å². The average molecular weight is 332 g/mol. The second kappa shape index (κ2) is 6.52. The molecule has 0 spiro atoms. The average Bonchev–Trinajstić information content (AvgIpc) is 3.15. The van der Waals surface area contributed by atoms with E-state index in [0.29, 0.717) is 11.3 Å². The zero-order valence-electron chi connectivity index (χ0n) is 11.7. The maximum atomic E-state index is 9.84. The zero-order valence-corrected chi connectivity index (χ0v) is 14.1. The summed E-state index contributed by atoms with van der Waals surface area (Å²) in [5, 5.41) is 22.5. The Kier molecular flexibility index (Phi) is 4.92. The monoisotopic (exact) mass is 331 g/mol. The molecule has 2 atom stereocenters. The second-order valence-corrected chi connectivity index (χ2v) is 9.31. The van der Waals surface area contributed by atoms with Gasteiger partial charge < -0.3 is 10.4 Å². The molecule has 1 heterocycles. The Hall–Kier alpha value is 0.180. The summed E-state index contributed by atoms with van der Waals surface area (Å²) < 4.78 is 2.10. The summed E-state index contributed by atoms with van der Waals surface area (Å²) in [6, 6.07) is 0.649. The first-order valence-corrected chi connectivity index (χ1v) is 10.1. The Bertz CT molecular complexity index is 452. The van der Waals surface area contributed by atoms with Crippen LogP contribution in [0.2, 0.25) is 0 Å². The molecule has 2 unspecified atom stereocenters. The standard InChI is InChI=1S/C13H21N3OS3/c1-18-11-15-16-12(20-11)19-10-3-2-6-13(7-10,8-17)14-9-4-5-9/h9-10,14,17H,2-8H2,1H3. The van der Waals surface area contributed by atoms with E-state index in [1.165, 1.54) is 25.7 Å². The fourth-order valence-electron chi connectivity index (χ4n) is 2.86. The number of aromatic nitrogens is 2. The highest BCUT2D eigenvalue weighted by molar-refractivity contribution is 8.03. The van der Waals surface area contributed by atoms with Crippen LogP contribution in [0.1, 0.15) is 38.5 Å². The molecule has 2 saturated carbocycles. The van der Waals surface area contributed by atoms with Gasteiger partial charge in [-0.15, -0.1) is 10.2 Å². The van der Waals surface area contributed by atoms with E-state index in [1.54, 1.807) is 23.1 Å². The Balaban J connectivity index is 1.61. The molecule has 112 valence electrons. The largest absolute Gasteiger partial charge is 0.394 e. The van der Waals surface area contributed by atoms with Crippen LogP contribution in [0.3, 0.4) is 0 Å². The maximum Gasteiger partial charge on any atom is 0.175 e. The second-order valence-electron chi connectivity index (χ2n) is 5.73. The lowest BCUT2D eigenvalue weighted by molar-refractivity contribution is 0.122. The Morgan fingerprint density at radius 1 is 1.35 bits per heavy atom. The van der Waals surface area contributed by atoms with Crippen molar-refractivity contribution in [1.29, 1.82) is 0 Å². The summed E-state index contributed by atoms with van der Waals surface area (Å²) in [6.45, 7) is 0.257. The predicted molar refractivity (Wildman–Crippen MR) is 85.8 cm³/mol. The normalized spacial score (nSPS) is 30.6. The molecule has 20 heavy (non-hydrogen) atoms. The van der Waals surface area contributed by atoms with Gasteiger partial charge in [0.05, 0.1) is 6.61 Å². The van der Waals surface area contributed by atoms with Crippen molar-refractivity contribution in [3.05, 3.63) is 0 Å². The minimum Gasteiger partial charge on any atom is -0.394 e. The van der Waals surface area contributed by atoms with Gasteiger partial charge in [-0.3, -0.25) is 0 Å². The summed E-state index contributed by atoms with van der Waals surface area (Å²) in [6.07, 6.45) is 9.12. The number of rotatable bonds is 6. The van der Waals surface area contributed by atoms with E-state index in [4.69, 9.17) is 0 Å². The Morgan fingerprint density at radius 2 is 2.15 bits per heavy atom. The molecule has 0 bridgehead atoms. The minimum atomic E-state index is -0.0515. The van der Waals surface area contributed by atoms with Gasteiger partial charge in [-0.05, 0) is 38.4 Å². The third-order valence-electron chi connectivity index (χ3n) is 4.02. The number of thioether (sulfide) groups is 2. The fraction of sp³-hybridized carbons (Fsp3) is 0.846. The molecule has 1 aromatic heterocycles. The summed E-state index contributed by atoms with van der Waals surface area (Å²) in [7, 11) is 0. The van der Waals surface area contributed by atoms with Crippen molar-refractivity contribution in [2.24, 2.45) is 0 Å². The number of nitrogens with zero attached hydrogens (tertiary/aromatic N) is 2. The van der Waals surface area contributed by atoms with Crippen LogP contribution in [0, 0.1) is 0 Å². The fourth-order valence-corrected chi connectivity index (χ4v) is 5.92. The molecule has 4 nitrogen and oxygen atoms in total. The summed E-state index contributed by atoms with van der Waals surface area (Å²) in [5.74, 6) is 0. The Labute approximate surface area is 132 Å². The number of hydrogen-bond donors (Lipinski definition) is 2. The van der Waals surface area contributed by atoms with Crippen molar-refractivity contribution < 1.29 is 5.11 Å². The minimum absolute atomic E-state index is 0.0515. The van der Waals surface area contributed by atoms with E-state index in [9.17, 15) is 5.11 Å². The van der Waals surface area contributed by atoms with Crippen LogP contribution in [-0.4, -0.2) is 45.0 Å². The number of hydrogen-bond acceptors (Lipinski definition) is 7. The van der Waals surface area contributed by atoms with E-state index >= 15 is 0 Å². The highest BCUT2D eigenvalue weighted by atomic mass is 32.2. The predicted octanol–water partition coefficient (Wildman–Crippen LogP) is 2.78. The molecule has 0 aromatic carbocycles. The van der Waals surface area contributed by atoms with Gasteiger partial charge >= 0.3 is 0 Å². The van der Waals surface area contributed by atoms with Gasteiger partial charge in [-0.25, -0.2) is 0 Å². The van der Waals surface area contributed by atoms with Gasteiger partial charge in [0.15, 0.2) is 8.68 Å². The summed E-state index contributed by atoms with van der Waals surface area (Å²) in [4.78, 5) is 0. The molecule has 0 aliphatic heterocycles. The number of aliphatic hydroxyl groups excluding tert-OH is 1. The van der Waals surface area contributed by atoms with Crippen molar-refractivity contribution in [2.45, 2.75) is 64.0 Å². The van der Waals surface area contributed by atoms with Crippen molar-refractivity contribution in [2.75, 3.05) is 12.9 Å². The van der Waals surface area contributed by atoms with Gasteiger partial charge in [0.25, 0.3) is 0 Å². The third-order valence-corrected chi connectivity index (χ3v) is 7.27. The quantitative estimate of drug-likeness (QED) is 0.782. The van der Waals surface area contributed by atoms with Crippen molar-refractivity contribution >= 4 is 34.9 Å². The molecule has 0 saturated heterocycles. The molecular formula is C13H21N3OS3. The molecular weight excluding hydrogens is 310 g/mol. The van der Waals surface area contributed by atoms with E-state index in [-0.39, 0.29) is 12.1 Å². The van der Waals surface area contributed by atoms with E-state index in [0.717, 1.165) is 21.5 Å². The topological polar surface area (TPSA) is 58.0 Å². The lowest BCUT2D eigenvalue weighted by atomic mass is 9.82. The SMILES string of the molecule is CSc1nnc(SC2CCCC(CO)(NC3CC3)C2)s1. The summed E-state index contributed by atoms with van der Waals surface area (Å²) in [5.41, 5.74) is -0.0515. The van der Waals surface area contributed by atoms with Crippen LogP contribution in [0.4, 0.5) is 0 Å². The first-order chi connectivity index (χ1) is 9.73. The molecule has 7 heteroatoms. The molecule has 1 aromatic rings. The van der Waals surface area contributed by atoms with Gasteiger partial charge in [0.1, 0.15) is 0 Å². The first-order valence-electron chi connectivity index (χ1n) is 7.16. The van der Waals surface area contributed by atoms with Crippen molar-refractivity contribution in [3.8, 4) is 0 Å². The van der Waals surface area contributed by atoms with E-state index in [1.807, 2.05) is 18.0 Å². The van der Waals surface area contributed by atoms with Crippen LogP contribution in [-0.2, 0) is 0 Å². The van der Waals surface area contributed by atoms with Gasteiger partial charge in [0, 0.05) is 16.8 Å². The van der Waals surface area contributed by atoms with Crippen LogP contribution in [0.5, 0.6) is 0 Å². The van der Waals surface area contributed by atoms with E-state index in [2.05, 4.69) is 15.5 Å². The number of nitrogens with one attached hydrogen (secondary N) is 1. The molecule has 3 rings (SSSR count). The highest BCUT2D eigenvalue weighted by Crippen LogP contribution is 2.41. The van der Waals surface area contributed by atoms with Crippen LogP contribution < -0.4 is 5.32 Å². The van der Waals surface area contributed by atoms with Gasteiger partial charge in [0.2, 0.25) is 0 Å². The van der Waals surface area contributed by atoms with Gasteiger partial charge in [-0.2, -0.15) is 0 Å². The first kappa shape index (κ1) is 15.1. The van der Waals surface area contributed by atoms with Crippen LogP contribution in [0.15, 0.2) is 8.68 Å². The molecule has 0 amide bonds. The number of aliphatic hydroxyl groups is 1. The van der Waals surface area contributed by atoms with Crippen LogP contribution in [0.25, 0.3) is 0 Å². The molecule has 2 fully saturated rings. The molecule has 0 radical (unpaired) electrons. The smallest absolute Gasteiger partial charge is 0.175 e. The van der Waals surface area contributed by atoms with Crippen molar-refractivity contribution in [1.82, 2.24) is 15.5 Å². The third kappa shape index (κ3) is 3.68. The lowest BCUT2D eigenvalue weighted by Crippen LogP contribution is -2.53. The molecule has 2 aliphatic carbocycles. The lowest BCUT2D eigenvalue weighted by Gasteiger charge is -2.40. The zero-order chi connectivity index (χ0) is 14.0. The molecule has 2 N–H and O–H groups in total.